The quantitative estimate of drug-likeness (QED) is 0.758. The van der Waals surface area contributed by atoms with Crippen molar-refractivity contribution < 1.29 is 24.2 Å². The van der Waals surface area contributed by atoms with Crippen molar-refractivity contribution in [2.24, 2.45) is 0 Å². The molecule has 0 aliphatic heterocycles. The zero-order valence-electron chi connectivity index (χ0n) is 13.6. The smallest absolute Gasteiger partial charge is 0.408 e. The first kappa shape index (κ1) is 19.4. The molecule has 1 aromatic carbocycles. The molecule has 1 aromatic rings. The molecule has 0 aliphatic carbocycles. The Hall–Kier alpha value is -1.60. The lowest BCUT2D eigenvalue weighted by molar-refractivity contribution is -0.154. The molecule has 0 aliphatic rings. The van der Waals surface area contributed by atoms with E-state index in [1.807, 2.05) is 0 Å². The van der Waals surface area contributed by atoms with E-state index in [1.165, 1.54) is 0 Å². The van der Waals surface area contributed by atoms with Crippen LogP contribution in [0, 0.1) is 0 Å². The van der Waals surface area contributed by atoms with E-state index in [1.54, 1.807) is 52.0 Å². The SMILES string of the molecule is CCOC(=O)[C@H](O)[C@H](NC(=O)OC(C)(C)C)c1ccccc1Br. The van der Waals surface area contributed by atoms with Crippen LogP contribution < -0.4 is 5.32 Å². The lowest BCUT2D eigenvalue weighted by Gasteiger charge is -2.26. The van der Waals surface area contributed by atoms with Gasteiger partial charge in [0.05, 0.1) is 12.6 Å². The minimum atomic E-state index is -1.55. The number of rotatable bonds is 5. The summed E-state index contributed by atoms with van der Waals surface area (Å²) in [5.74, 6) is -0.815. The number of ether oxygens (including phenoxy) is 2. The van der Waals surface area contributed by atoms with Crippen molar-refractivity contribution in [3.05, 3.63) is 34.3 Å². The summed E-state index contributed by atoms with van der Waals surface area (Å²) in [4.78, 5) is 23.9. The number of carbonyl (C=O) groups excluding carboxylic acids is 2. The van der Waals surface area contributed by atoms with E-state index < -0.39 is 29.8 Å². The minimum absolute atomic E-state index is 0.130. The van der Waals surface area contributed by atoms with Gasteiger partial charge in [-0.2, -0.15) is 0 Å². The first-order chi connectivity index (χ1) is 10.7. The van der Waals surface area contributed by atoms with Crippen LogP contribution in [0.2, 0.25) is 0 Å². The van der Waals surface area contributed by atoms with Crippen LogP contribution in [-0.2, 0) is 14.3 Å². The normalized spacial score (nSPS) is 13.8. The number of hydrogen-bond donors (Lipinski definition) is 2. The molecule has 7 heteroatoms. The molecule has 2 atom stereocenters. The molecule has 1 rings (SSSR count). The van der Waals surface area contributed by atoms with Gasteiger partial charge >= 0.3 is 12.1 Å². The zero-order valence-corrected chi connectivity index (χ0v) is 15.2. The summed E-state index contributed by atoms with van der Waals surface area (Å²) in [5.41, 5.74) is -0.156. The average molecular weight is 388 g/mol. The lowest BCUT2D eigenvalue weighted by atomic mass is 10.0. The number of hydrogen-bond acceptors (Lipinski definition) is 5. The van der Waals surface area contributed by atoms with Crippen LogP contribution in [-0.4, -0.2) is 35.5 Å². The Labute approximate surface area is 144 Å². The molecule has 0 radical (unpaired) electrons. The second-order valence-electron chi connectivity index (χ2n) is 5.84. The highest BCUT2D eigenvalue weighted by Crippen LogP contribution is 2.26. The maximum Gasteiger partial charge on any atom is 0.408 e. The molecular weight excluding hydrogens is 366 g/mol. The Bertz CT molecular complexity index is 556. The van der Waals surface area contributed by atoms with E-state index in [0.717, 1.165) is 0 Å². The van der Waals surface area contributed by atoms with Gasteiger partial charge < -0.3 is 19.9 Å². The molecular formula is C16H22BrNO5. The second-order valence-corrected chi connectivity index (χ2v) is 6.70. The van der Waals surface area contributed by atoms with Gasteiger partial charge in [-0.3, -0.25) is 0 Å². The van der Waals surface area contributed by atoms with Crippen LogP contribution in [0.25, 0.3) is 0 Å². The summed E-state index contributed by atoms with van der Waals surface area (Å²) in [5, 5.41) is 12.8. The molecule has 128 valence electrons. The van der Waals surface area contributed by atoms with Gasteiger partial charge in [0, 0.05) is 4.47 Å². The molecule has 0 unspecified atom stereocenters. The zero-order chi connectivity index (χ0) is 17.6. The van der Waals surface area contributed by atoms with Gasteiger partial charge in [-0.05, 0) is 39.3 Å². The monoisotopic (exact) mass is 387 g/mol. The number of halogens is 1. The standard InChI is InChI=1S/C16H22BrNO5/c1-5-22-14(20)13(19)12(10-8-6-7-9-11(10)17)18-15(21)23-16(2,3)4/h6-9,12-13,19H,5H2,1-4H3,(H,18,21)/t12-,13-/m1/s1. The van der Waals surface area contributed by atoms with Crippen molar-refractivity contribution in [2.45, 2.75) is 45.4 Å². The van der Waals surface area contributed by atoms with Crippen molar-refractivity contribution in [1.82, 2.24) is 5.32 Å². The van der Waals surface area contributed by atoms with Crippen LogP contribution in [0.5, 0.6) is 0 Å². The first-order valence-electron chi connectivity index (χ1n) is 7.24. The first-order valence-corrected chi connectivity index (χ1v) is 8.03. The third-order valence-electron chi connectivity index (χ3n) is 2.76. The summed E-state index contributed by atoms with van der Waals surface area (Å²) in [7, 11) is 0. The molecule has 23 heavy (non-hydrogen) atoms. The third kappa shape index (κ3) is 6.19. The van der Waals surface area contributed by atoms with Crippen LogP contribution in [0.4, 0.5) is 4.79 Å². The average Bonchev–Trinajstić information content (AvgIpc) is 2.43. The Kier molecular flexibility index (Phi) is 7.02. The largest absolute Gasteiger partial charge is 0.464 e. The molecule has 6 nitrogen and oxygen atoms in total. The van der Waals surface area contributed by atoms with E-state index >= 15 is 0 Å². The topological polar surface area (TPSA) is 84.9 Å². The molecule has 0 aromatic heterocycles. The number of aliphatic hydroxyl groups is 1. The van der Waals surface area contributed by atoms with Gasteiger partial charge in [0.25, 0.3) is 0 Å². The van der Waals surface area contributed by atoms with Gasteiger partial charge in [-0.25, -0.2) is 9.59 Å². The van der Waals surface area contributed by atoms with E-state index in [2.05, 4.69) is 21.2 Å². The highest BCUT2D eigenvalue weighted by molar-refractivity contribution is 9.10. The van der Waals surface area contributed by atoms with Crippen molar-refractivity contribution in [1.29, 1.82) is 0 Å². The van der Waals surface area contributed by atoms with Crippen molar-refractivity contribution >= 4 is 28.0 Å². The number of esters is 1. The number of amides is 1. The van der Waals surface area contributed by atoms with Gasteiger partial charge in [-0.15, -0.1) is 0 Å². The Morgan fingerprint density at radius 3 is 2.43 bits per heavy atom. The Morgan fingerprint density at radius 1 is 1.30 bits per heavy atom. The Balaban J connectivity index is 3.05. The van der Waals surface area contributed by atoms with E-state index in [9.17, 15) is 14.7 Å². The highest BCUT2D eigenvalue weighted by atomic mass is 79.9. The van der Waals surface area contributed by atoms with Crippen LogP contribution in [0.3, 0.4) is 0 Å². The van der Waals surface area contributed by atoms with Gasteiger partial charge in [0.2, 0.25) is 0 Å². The Morgan fingerprint density at radius 2 is 1.91 bits per heavy atom. The fourth-order valence-electron chi connectivity index (χ4n) is 1.85. The summed E-state index contributed by atoms with van der Waals surface area (Å²) >= 11 is 3.35. The highest BCUT2D eigenvalue weighted by Gasteiger charge is 2.32. The van der Waals surface area contributed by atoms with Crippen molar-refractivity contribution in [3.8, 4) is 0 Å². The predicted molar refractivity (Wildman–Crippen MR) is 88.9 cm³/mol. The lowest BCUT2D eigenvalue weighted by Crippen LogP contribution is -2.43. The molecule has 0 fully saturated rings. The van der Waals surface area contributed by atoms with Gasteiger partial charge in [0.1, 0.15) is 5.60 Å². The van der Waals surface area contributed by atoms with Crippen molar-refractivity contribution in [2.75, 3.05) is 6.61 Å². The molecule has 1 amide bonds. The third-order valence-corrected chi connectivity index (χ3v) is 3.48. The molecule has 0 bridgehead atoms. The van der Waals surface area contributed by atoms with Crippen LogP contribution in [0.1, 0.15) is 39.3 Å². The number of benzene rings is 1. The summed E-state index contributed by atoms with van der Waals surface area (Å²) in [6.45, 7) is 6.94. The van der Waals surface area contributed by atoms with E-state index in [-0.39, 0.29) is 6.61 Å². The molecule has 0 saturated carbocycles. The molecule has 2 N–H and O–H groups in total. The fraction of sp³-hybridized carbons (Fsp3) is 0.500. The predicted octanol–water partition coefficient (Wildman–Crippen LogP) is 2.94. The van der Waals surface area contributed by atoms with Crippen LogP contribution in [0.15, 0.2) is 28.7 Å². The van der Waals surface area contributed by atoms with E-state index in [0.29, 0.717) is 10.0 Å². The van der Waals surface area contributed by atoms with Gasteiger partial charge in [-0.1, -0.05) is 34.1 Å². The second kappa shape index (κ2) is 8.31. The van der Waals surface area contributed by atoms with Crippen molar-refractivity contribution in [3.63, 3.8) is 0 Å². The number of aliphatic hydroxyl groups excluding tert-OH is 1. The summed E-state index contributed by atoms with van der Waals surface area (Å²) in [6.07, 6.45) is -2.29. The molecule has 0 saturated heterocycles. The summed E-state index contributed by atoms with van der Waals surface area (Å²) in [6, 6.07) is 5.96. The molecule has 0 heterocycles. The van der Waals surface area contributed by atoms with Gasteiger partial charge in [0.15, 0.2) is 6.10 Å². The van der Waals surface area contributed by atoms with E-state index in [4.69, 9.17) is 9.47 Å². The van der Waals surface area contributed by atoms with Crippen LogP contribution >= 0.6 is 15.9 Å². The minimum Gasteiger partial charge on any atom is -0.464 e. The fourth-order valence-corrected chi connectivity index (χ4v) is 2.38. The maximum atomic E-state index is 12.0. The summed E-state index contributed by atoms with van der Waals surface area (Å²) < 4.78 is 10.7. The maximum absolute atomic E-state index is 12.0. The number of nitrogens with one attached hydrogen (secondary N) is 1. The molecule has 0 spiro atoms. The number of carbonyl (C=O) groups is 2. The number of alkyl carbamates (subject to hydrolysis) is 1.